The summed E-state index contributed by atoms with van der Waals surface area (Å²) in [5, 5.41) is 8.52. The van der Waals surface area contributed by atoms with Crippen LogP contribution in [-0.4, -0.2) is 11.9 Å². The van der Waals surface area contributed by atoms with Crippen molar-refractivity contribution in [3.8, 4) is 11.3 Å². The largest absolute Gasteiger partial charge is 0.519 e. The second-order valence-corrected chi connectivity index (χ2v) is 3.05. The molecule has 0 saturated heterocycles. The van der Waals surface area contributed by atoms with Gasteiger partial charge in [-0.15, -0.1) is 0 Å². The van der Waals surface area contributed by atoms with Gasteiger partial charge in [0.25, 0.3) is 0 Å². The van der Waals surface area contributed by atoms with Gasteiger partial charge in [0.05, 0.1) is 0 Å². The van der Waals surface area contributed by atoms with Crippen molar-refractivity contribution in [3.63, 3.8) is 0 Å². The van der Waals surface area contributed by atoms with E-state index in [2.05, 4.69) is 0 Å². The lowest BCUT2D eigenvalue weighted by molar-refractivity contribution is -0.0176. The Morgan fingerprint density at radius 1 is 1.19 bits per heavy atom. The highest BCUT2D eigenvalue weighted by Crippen LogP contribution is 2.22. The normalized spacial score (nSPS) is 10.6. The maximum atomic E-state index is 11.0. The van der Waals surface area contributed by atoms with E-state index in [1.165, 1.54) is 0 Å². The van der Waals surface area contributed by atoms with Crippen LogP contribution in [0.1, 0.15) is 5.76 Å². The zero-order valence-corrected chi connectivity index (χ0v) is 8.38. The zero-order valence-electron chi connectivity index (χ0n) is 8.38. The summed E-state index contributed by atoms with van der Waals surface area (Å²) in [5.74, 6) is -0.181. The second kappa shape index (κ2) is 4.78. The standard InChI is InChI=1S/C11H10O5/c12-7-14-6-9-10(16-11(13)15-9)8-4-2-1-3-5-8/h1-5,12H,6-7H2. The predicted molar refractivity (Wildman–Crippen MR) is 54.6 cm³/mol. The summed E-state index contributed by atoms with van der Waals surface area (Å²) in [6.45, 7) is -0.449. The summed E-state index contributed by atoms with van der Waals surface area (Å²) >= 11 is 0. The topological polar surface area (TPSA) is 72.8 Å². The summed E-state index contributed by atoms with van der Waals surface area (Å²) in [6.07, 6.45) is 0. The van der Waals surface area contributed by atoms with E-state index in [4.69, 9.17) is 18.7 Å². The number of hydrogen-bond donors (Lipinski definition) is 1. The first kappa shape index (κ1) is 10.7. The van der Waals surface area contributed by atoms with Gasteiger partial charge in [0.15, 0.2) is 11.5 Å². The average Bonchev–Trinajstić information content (AvgIpc) is 2.69. The molecular formula is C11H10O5. The Balaban J connectivity index is 2.36. The monoisotopic (exact) mass is 222 g/mol. The van der Waals surface area contributed by atoms with Crippen LogP contribution in [0.4, 0.5) is 0 Å². The van der Waals surface area contributed by atoms with Gasteiger partial charge in [-0.05, 0) is 0 Å². The molecule has 0 bridgehead atoms. The molecule has 0 fully saturated rings. The Hall–Kier alpha value is -1.85. The number of hydrogen-bond acceptors (Lipinski definition) is 5. The minimum absolute atomic E-state index is 0.00747. The molecular weight excluding hydrogens is 212 g/mol. The van der Waals surface area contributed by atoms with E-state index in [0.29, 0.717) is 5.76 Å². The minimum Gasteiger partial charge on any atom is -0.393 e. The zero-order chi connectivity index (χ0) is 11.4. The Morgan fingerprint density at radius 2 is 1.94 bits per heavy atom. The highest BCUT2D eigenvalue weighted by molar-refractivity contribution is 5.58. The Labute approximate surface area is 90.9 Å². The lowest BCUT2D eigenvalue weighted by Crippen LogP contribution is -1.94. The Morgan fingerprint density at radius 3 is 2.62 bits per heavy atom. The Bertz CT molecular complexity index is 497. The van der Waals surface area contributed by atoms with Crippen LogP contribution in [0, 0.1) is 0 Å². The van der Waals surface area contributed by atoms with E-state index in [0.717, 1.165) is 5.56 Å². The highest BCUT2D eigenvalue weighted by atomic mass is 16.6. The first-order valence-corrected chi connectivity index (χ1v) is 4.68. The van der Waals surface area contributed by atoms with E-state index in [-0.39, 0.29) is 12.4 Å². The molecule has 1 aromatic carbocycles. The predicted octanol–water partition coefficient (Wildman–Crippen LogP) is 1.37. The lowest BCUT2D eigenvalue weighted by Gasteiger charge is -1.99. The maximum Gasteiger partial charge on any atom is 0.519 e. The fourth-order valence-corrected chi connectivity index (χ4v) is 1.35. The molecule has 5 heteroatoms. The molecule has 0 aliphatic rings. The van der Waals surface area contributed by atoms with Gasteiger partial charge < -0.3 is 18.7 Å². The summed E-state index contributed by atoms with van der Waals surface area (Å²) in [7, 11) is 0. The Kier molecular flexibility index (Phi) is 3.19. The number of rotatable bonds is 4. The number of benzene rings is 1. The van der Waals surface area contributed by atoms with E-state index in [1.54, 1.807) is 12.1 Å². The first-order chi connectivity index (χ1) is 7.81. The van der Waals surface area contributed by atoms with Crippen molar-refractivity contribution < 1.29 is 18.7 Å². The van der Waals surface area contributed by atoms with E-state index < -0.39 is 12.6 Å². The van der Waals surface area contributed by atoms with E-state index in [1.807, 2.05) is 18.2 Å². The van der Waals surface area contributed by atoms with Crippen molar-refractivity contribution in [2.45, 2.75) is 6.61 Å². The molecule has 0 aliphatic carbocycles. The number of aliphatic hydroxyl groups is 1. The molecule has 2 rings (SSSR count). The third-order valence-electron chi connectivity index (χ3n) is 2.01. The molecule has 1 heterocycles. The molecule has 1 aromatic heterocycles. The van der Waals surface area contributed by atoms with Gasteiger partial charge in [0.2, 0.25) is 0 Å². The molecule has 0 atom stereocenters. The highest BCUT2D eigenvalue weighted by Gasteiger charge is 2.14. The number of ether oxygens (including phenoxy) is 1. The molecule has 0 spiro atoms. The van der Waals surface area contributed by atoms with Crippen molar-refractivity contribution in [2.24, 2.45) is 0 Å². The van der Waals surface area contributed by atoms with Crippen molar-refractivity contribution in [3.05, 3.63) is 46.7 Å². The van der Waals surface area contributed by atoms with Crippen LogP contribution < -0.4 is 5.82 Å². The van der Waals surface area contributed by atoms with Crippen molar-refractivity contribution in [2.75, 3.05) is 6.79 Å². The van der Waals surface area contributed by atoms with Gasteiger partial charge >= 0.3 is 5.82 Å². The molecule has 0 unspecified atom stereocenters. The molecule has 84 valence electrons. The molecule has 16 heavy (non-hydrogen) atoms. The van der Waals surface area contributed by atoms with Gasteiger partial charge in [-0.3, -0.25) is 0 Å². The van der Waals surface area contributed by atoms with Crippen LogP contribution in [0.15, 0.2) is 44.0 Å². The van der Waals surface area contributed by atoms with Crippen molar-refractivity contribution in [1.29, 1.82) is 0 Å². The van der Waals surface area contributed by atoms with Gasteiger partial charge in [-0.25, -0.2) is 4.79 Å². The van der Waals surface area contributed by atoms with Crippen LogP contribution in [0.5, 0.6) is 0 Å². The second-order valence-electron chi connectivity index (χ2n) is 3.05. The van der Waals surface area contributed by atoms with Gasteiger partial charge in [-0.1, -0.05) is 30.3 Å². The molecule has 0 aliphatic heterocycles. The van der Waals surface area contributed by atoms with Crippen LogP contribution in [0.2, 0.25) is 0 Å². The molecule has 2 aromatic rings. The van der Waals surface area contributed by atoms with E-state index >= 15 is 0 Å². The molecule has 1 N–H and O–H groups in total. The van der Waals surface area contributed by atoms with Crippen molar-refractivity contribution in [1.82, 2.24) is 0 Å². The summed E-state index contributed by atoms with van der Waals surface area (Å²) in [5.41, 5.74) is 0.727. The lowest BCUT2D eigenvalue weighted by atomic mass is 10.1. The van der Waals surface area contributed by atoms with Gasteiger partial charge in [0, 0.05) is 5.56 Å². The fraction of sp³-hybridized carbons (Fsp3) is 0.182. The van der Waals surface area contributed by atoms with Crippen LogP contribution in [0.25, 0.3) is 11.3 Å². The molecule has 0 saturated carbocycles. The third kappa shape index (κ3) is 2.21. The van der Waals surface area contributed by atoms with E-state index in [9.17, 15) is 4.79 Å². The summed E-state index contributed by atoms with van der Waals surface area (Å²) in [4.78, 5) is 11.0. The molecule has 0 amide bonds. The summed E-state index contributed by atoms with van der Waals surface area (Å²) in [6, 6.07) is 9.07. The maximum absolute atomic E-state index is 11.0. The van der Waals surface area contributed by atoms with Crippen molar-refractivity contribution >= 4 is 0 Å². The molecule has 0 radical (unpaired) electrons. The quantitative estimate of drug-likeness (QED) is 0.791. The fourth-order valence-electron chi connectivity index (χ4n) is 1.35. The summed E-state index contributed by atoms with van der Waals surface area (Å²) < 4.78 is 14.5. The average molecular weight is 222 g/mol. The third-order valence-corrected chi connectivity index (χ3v) is 2.01. The van der Waals surface area contributed by atoms with Crippen LogP contribution in [0.3, 0.4) is 0 Å². The SMILES string of the molecule is O=c1oc(COCO)c(-c2ccccc2)o1. The minimum atomic E-state index is -0.782. The first-order valence-electron chi connectivity index (χ1n) is 4.68. The van der Waals surface area contributed by atoms with Crippen LogP contribution in [-0.2, 0) is 11.3 Å². The van der Waals surface area contributed by atoms with Crippen LogP contribution >= 0.6 is 0 Å². The number of aliphatic hydroxyl groups excluding tert-OH is 1. The van der Waals surface area contributed by atoms with Gasteiger partial charge in [-0.2, -0.15) is 0 Å². The van der Waals surface area contributed by atoms with Gasteiger partial charge in [0.1, 0.15) is 13.4 Å². The smallest absolute Gasteiger partial charge is 0.393 e. The molecule has 5 nitrogen and oxygen atoms in total.